The highest BCUT2D eigenvalue weighted by Gasteiger charge is 2.18. The molecule has 154 valence electrons. The summed E-state index contributed by atoms with van der Waals surface area (Å²) in [5, 5.41) is 2.75. The molecule has 0 atom stereocenters. The number of anilines is 3. The van der Waals surface area contributed by atoms with E-state index in [1.54, 1.807) is 42.2 Å². The Morgan fingerprint density at radius 2 is 1.97 bits per heavy atom. The van der Waals surface area contributed by atoms with E-state index in [0.29, 0.717) is 28.0 Å². The number of benzene rings is 1. The molecule has 0 unspecified atom stereocenters. The molecule has 1 aromatic carbocycles. The Kier molecular flexibility index (Phi) is 4.36. The van der Waals surface area contributed by atoms with Gasteiger partial charge in [0, 0.05) is 50.3 Å². The fourth-order valence-corrected chi connectivity index (χ4v) is 3.61. The zero-order valence-corrected chi connectivity index (χ0v) is 16.8. The minimum Gasteiger partial charge on any atom is -0.366 e. The highest BCUT2D eigenvalue weighted by Crippen LogP contribution is 2.31. The minimum atomic E-state index is -0.515. The molecule has 5 rings (SSSR count). The van der Waals surface area contributed by atoms with Crippen molar-refractivity contribution in [3.8, 4) is 0 Å². The Morgan fingerprint density at radius 1 is 1.16 bits per heavy atom. The number of carbonyl (C=O) groups excluding carboxylic acids is 1. The molecule has 0 saturated carbocycles. The third kappa shape index (κ3) is 3.25. The molecule has 8 nitrogen and oxygen atoms in total. The molecule has 0 spiro atoms. The van der Waals surface area contributed by atoms with Gasteiger partial charge in [-0.2, -0.15) is 0 Å². The summed E-state index contributed by atoms with van der Waals surface area (Å²) in [6, 6.07) is 6.70. The van der Waals surface area contributed by atoms with Crippen molar-refractivity contribution in [1.82, 2.24) is 24.3 Å². The van der Waals surface area contributed by atoms with Crippen LogP contribution in [0.1, 0.15) is 16.1 Å². The van der Waals surface area contributed by atoms with Gasteiger partial charge in [-0.05, 0) is 25.1 Å². The summed E-state index contributed by atoms with van der Waals surface area (Å²) in [7, 11) is 1.91. The van der Waals surface area contributed by atoms with Crippen molar-refractivity contribution in [2.24, 2.45) is 0 Å². The molecule has 2 N–H and O–H groups in total. The van der Waals surface area contributed by atoms with Gasteiger partial charge in [0.15, 0.2) is 11.5 Å². The van der Waals surface area contributed by atoms with E-state index in [2.05, 4.69) is 25.3 Å². The number of carbonyl (C=O) groups is 1. The predicted octanol–water partition coefficient (Wildman–Crippen LogP) is 4.07. The topological polar surface area (TPSA) is 91.2 Å². The number of aromatic amines is 1. The van der Waals surface area contributed by atoms with E-state index in [1.807, 2.05) is 36.5 Å². The van der Waals surface area contributed by atoms with Crippen molar-refractivity contribution >= 4 is 39.6 Å². The summed E-state index contributed by atoms with van der Waals surface area (Å²) in [5.74, 6) is -0.920. The summed E-state index contributed by atoms with van der Waals surface area (Å²) in [5.41, 5.74) is 4.36. The third-order valence-corrected chi connectivity index (χ3v) is 5.06. The number of rotatable bonds is 4. The number of H-pyrrole nitrogens is 1. The first-order valence-electron chi connectivity index (χ1n) is 9.58. The lowest BCUT2D eigenvalue weighted by Gasteiger charge is -2.19. The molecule has 31 heavy (non-hydrogen) atoms. The Hall–Kier alpha value is -4.27. The predicted molar refractivity (Wildman–Crippen MR) is 116 cm³/mol. The number of nitrogens with zero attached hydrogens (tertiary/aromatic N) is 5. The molecule has 0 aliphatic carbocycles. The second kappa shape index (κ2) is 7.21. The zero-order chi connectivity index (χ0) is 21.5. The van der Waals surface area contributed by atoms with Gasteiger partial charge < -0.3 is 19.6 Å². The number of hydrogen-bond acceptors (Lipinski definition) is 5. The van der Waals surface area contributed by atoms with Crippen LogP contribution in [0, 0.1) is 12.7 Å². The molecular weight excluding hydrogens is 397 g/mol. The highest BCUT2D eigenvalue weighted by atomic mass is 19.1. The molecule has 0 saturated heterocycles. The van der Waals surface area contributed by atoms with Crippen LogP contribution in [0.25, 0.3) is 16.7 Å². The summed E-state index contributed by atoms with van der Waals surface area (Å²) in [4.78, 5) is 31.0. The quantitative estimate of drug-likeness (QED) is 0.462. The summed E-state index contributed by atoms with van der Waals surface area (Å²) >= 11 is 0. The van der Waals surface area contributed by atoms with Crippen LogP contribution < -0.4 is 10.2 Å². The first-order valence-corrected chi connectivity index (χ1v) is 9.58. The molecule has 0 aliphatic heterocycles. The van der Waals surface area contributed by atoms with Crippen molar-refractivity contribution < 1.29 is 9.18 Å². The van der Waals surface area contributed by atoms with Gasteiger partial charge in [0.2, 0.25) is 0 Å². The van der Waals surface area contributed by atoms with Crippen LogP contribution in [0.2, 0.25) is 0 Å². The maximum absolute atomic E-state index is 14.4. The Morgan fingerprint density at radius 3 is 2.74 bits per heavy atom. The van der Waals surface area contributed by atoms with Gasteiger partial charge in [0.1, 0.15) is 11.0 Å². The average molecular weight is 415 g/mol. The molecule has 0 radical (unpaired) electrons. The lowest BCUT2D eigenvalue weighted by molar-refractivity contribution is 0.102. The number of halogens is 1. The van der Waals surface area contributed by atoms with Gasteiger partial charge in [0.25, 0.3) is 5.91 Å². The van der Waals surface area contributed by atoms with Crippen LogP contribution in [0.3, 0.4) is 0 Å². The molecule has 1 amide bonds. The molecular formula is C22H18FN7O. The molecule has 0 fully saturated rings. The number of fused-ring (bicyclic) bond motifs is 2. The number of pyridine rings is 1. The smallest absolute Gasteiger partial charge is 0.257 e. The number of nitrogens with one attached hydrogen (secondary N) is 2. The van der Waals surface area contributed by atoms with Crippen LogP contribution in [0.5, 0.6) is 0 Å². The van der Waals surface area contributed by atoms with Gasteiger partial charge in [-0.1, -0.05) is 0 Å². The second-order valence-electron chi connectivity index (χ2n) is 7.16. The highest BCUT2D eigenvalue weighted by molar-refractivity contribution is 6.13. The molecule has 9 heteroatoms. The SMILES string of the molecule is Cc1cn2cc(NC(=O)c3ccc(N(C)c4cc[nH]c4)c4nccnc34)cc(F)c2n1. The average Bonchev–Trinajstić information content (AvgIpc) is 3.42. The van der Waals surface area contributed by atoms with Crippen LogP contribution in [0.4, 0.5) is 21.5 Å². The molecule has 0 bridgehead atoms. The van der Waals surface area contributed by atoms with E-state index < -0.39 is 11.7 Å². The summed E-state index contributed by atoms with van der Waals surface area (Å²) in [6.07, 6.45) is 10.1. The normalized spacial score (nSPS) is 11.2. The number of aryl methyl sites for hydroxylation is 1. The summed E-state index contributed by atoms with van der Waals surface area (Å²) in [6.45, 7) is 1.78. The van der Waals surface area contributed by atoms with E-state index in [9.17, 15) is 9.18 Å². The largest absolute Gasteiger partial charge is 0.366 e. The standard InChI is InChI=1S/C22H18FN7O/c1-13-11-30-12-14(9-17(23)21(30)27-13)28-22(31)16-3-4-18(20-19(16)25-7-8-26-20)29(2)15-5-6-24-10-15/h3-12,24H,1-2H3,(H,28,31). The van der Waals surface area contributed by atoms with Crippen LogP contribution in [-0.2, 0) is 0 Å². The maximum atomic E-state index is 14.4. The lowest BCUT2D eigenvalue weighted by Crippen LogP contribution is -2.15. The van der Waals surface area contributed by atoms with Gasteiger partial charge >= 0.3 is 0 Å². The number of imidazole rings is 1. The minimum absolute atomic E-state index is 0.212. The van der Waals surface area contributed by atoms with Crippen LogP contribution >= 0.6 is 0 Å². The molecule has 4 aromatic heterocycles. The zero-order valence-electron chi connectivity index (χ0n) is 16.8. The first kappa shape index (κ1) is 18.7. The van der Waals surface area contributed by atoms with Crippen molar-refractivity contribution in [2.45, 2.75) is 6.92 Å². The van der Waals surface area contributed by atoms with E-state index in [4.69, 9.17) is 0 Å². The number of amides is 1. The van der Waals surface area contributed by atoms with Gasteiger partial charge in [0.05, 0.1) is 28.3 Å². The fraction of sp³-hybridized carbons (Fsp3) is 0.0909. The Bertz CT molecular complexity index is 1430. The van der Waals surface area contributed by atoms with E-state index in [0.717, 1.165) is 11.4 Å². The first-order chi connectivity index (χ1) is 15.0. The Labute approximate surface area is 176 Å². The maximum Gasteiger partial charge on any atom is 0.257 e. The molecule has 0 aliphatic rings. The van der Waals surface area contributed by atoms with Crippen molar-refractivity contribution in [3.05, 3.63) is 78.5 Å². The van der Waals surface area contributed by atoms with E-state index in [-0.39, 0.29) is 5.65 Å². The Balaban J connectivity index is 1.53. The lowest BCUT2D eigenvalue weighted by atomic mass is 10.1. The fourth-order valence-electron chi connectivity index (χ4n) is 3.61. The van der Waals surface area contributed by atoms with Crippen molar-refractivity contribution in [2.75, 3.05) is 17.3 Å². The van der Waals surface area contributed by atoms with E-state index >= 15 is 0 Å². The number of hydrogen-bond donors (Lipinski definition) is 2. The van der Waals surface area contributed by atoms with E-state index in [1.165, 1.54) is 6.07 Å². The van der Waals surface area contributed by atoms with Crippen molar-refractivity contribution in [3.63, 3.8) is 0 Å². The third-order valence-electron chi connectivity index (χ3n) is 5.06. The van der Waals surface area contributed by atoms with Crippen molar-refractivity contribution in [1.29, 1.82) is 0 Å². The van der Waals surface area contributed by atoms with Gasteiger partial charge in [-0.25, -0.2) is 9.37 Å². The number of aromatic nitrogens is 5. The summed E-state index contributed by atoms with van der Waals surface area (Å²) < 4.78 is 15.9. The molecule has 4 heterocycles. The van der Waals surface area contributed by atoms with Crippen LogP contribution in [-0.4, -0.2) is 37.3 Å². The van der Waals surface area contributed by atoms with Gasteiger partial charge in [-0.3, -0.25) is 14.8 Å². The monoisotopic (exact) mass is 415 g/mol. The van der Waals surface area contributed by atoms with Gasteiger partial charge in [-0.15, -0.1) is 0 Å². The molecule has 5 aromatic rings. The second-order valence-corrected chi connectivity index (χ2v) is 7.16. The van der Waals surface area contributed by atoms with Crippen LogP contribution in [0.15, 0.2) is 61.4 Å².